The van der Waals surface area contributed by atoms with Gasteiger partial charge in [0.25, 0.3) is 0 Å². The van der Waals surface area contributed by atoms with Crippen molar-refractivity contribution < 1.29 is 9.53 Å². The minimum Gasteiger partial charge on any atom is -0.444 e. The zero-order valence-corrected chi connectivity index (χ0v) is 15.6. The van der Waals surface area contributed by atoms with Crippen molar-refractivity contribution in [3.05, 3.63) is 36.0 Å². The average Bonchev–Trinajstić information content (AvgIpc) is 2.78. The third-order valence-electron chi connectivity index (χ3n) is 4.32. The number of hydrogen-bond acceptors (Lipinski definition) is 4. The van der Waals surface area contributed by atoms with Gasteiger partial charge >= 0.3 is 6.09 Å². The fourth-order valence-electron chi connectivity index (χ4n) is 3.23. The normalized spacial score (nSPS) is 16.0. The summed E-state index contributed by atoms with van der Waals surface area (Å²) in [6, 6.07) is 8.43. The zero-order valence-electron chi connectivity index (χ0n) is 15.6. The van der Waals surface area contributed by atoms with E-state index in [1.807, 2.05) is 37.9 Å². The Morgan fingerprint density at radius 2 is 1.96 bits per heavy atom. The molecule has 0 spiro atoms. The predicted octanol–water partition coefficient (Wildman–Crippen LogP) is 3.99. The van der Waals surface area contributed by atoms with Crippen molar-refractivity contribution >= 4 is 22.7 Å². The molecule has 25 heavy (non-hydrogen) atoms. The van der Waals surface area contributed by atoms with Gasteiger partial charge in [-0.2, -0.15) is 0 Å². The molecule has 0 N–H and O–H groups in total. The summed E-state index contributed by atoms with van der Waals surface area (Å²) in [5, 5.41) is 1.16. The van der Waals surface area contributed by atoms with Crippen molar-refractivity contribution in [2.45, 2.75) is 39.7 Å². The smallest absolute Gasteiger partial charge is 0.410 e. The Kier molecular flexibility index (Phi) is 4.84. The second-order valence-electron chi connectivity index (χ2n) is 7.67. The second-order valence-corrected chi connectivity index (χ2v) is 7.67. The molecule has 1 aliphatic heterocycles. The Hall–Kier alpha value is -2.30. The minimum atomic E-state index is -0.459. The van der Waals surface area contributed by atoms with Crippen LogP contribution in [0.3, 0.4) is 0 Å². The third kappa shape index (κ3) is 4.21. The van der Waals surface area contributed by atoms with Gasteiger partial charge in [-0.05, 0) is 57.9 Å². The van der Waals surface area contributed by atoms with Crippen molar-refractivity contribution in [2.75, 3.05) is 31.1 Å². The molecular weight excluding hydrogens is 314 g/mol. The highest BCUT2D eigenvalue weighted by molar-refractivity contribution is 5.91. The maximum atomic E-state index is 12.3. The number of ether oxygens (including phenoxy) is 1. The standard InChI is InChI=1S/C20H27N3O2/c1-15-13-16-7-5-8-21-18(16)17(14-15)22-9-6-10-23(12-11-22)19(24)25-20(2,3)4/h5,7-8,13-14H,6,9-12H2,1-4H3. The topological polar surface area (TPSA) is 45.7 Å². The molecule has 1 saturated heterocycles. The molecule has 1 aliphatic rings. The number of amides is 1. The van der Waals surface area contributed by atoms with E-state index < -0.39 is 5.60 Å². The summed E-state index contributed by atoms with van der Waals surface area (Å²) < 4.78 is 5.52. The van der Waals surface area contributed by atoms with E-state index in [1.165, 1.54) is 5.56 Å². The molecule has 0 bridgehead atoms. The number of benzene rings is 1. The molecule has 1 amide bonds. The molecule has 5 heteroatoms. The van der Waals surface area contributed by atoms with Crippen LogP contribution in [0.4, 0.5) is 10.5 Å². The van der Waals surface area contributed by atoms with E-state index in [2.05, 4.69) is 35.0 Å². The number of pyridine rings is 1. The van der Waals surface area contributed by atoms with E-state index in [1.54, 1.807) is 0 Å². The highest BCUT2D eigenvalue weighted by atomic mass is 16.6. The molecule has 0 saturated carbocycles. The van der Waals surface area contributed by atoms with Crippen LogP contribution in [0.5, 0.6) is 0 Å². The Morgan fingerprint density at radius 1 is 1.16 bits per heavy atom. The van der Waals surface area contributed by atoms with Gasteiger partial charge in [-0.15, -0.1) is 0 Å². The first kappa shape index (κ1) is 17.5. The molecule has 2 heterocycles. The van der Waals surface area contributed by atoms with Crippen molar-refractivity contribution in [3.63, 3.8) is 0 Å². The number of rotatable bonds is 1. The van der Waals surface area contributed by atoms with Crippen LogP contribution in [0, 0.1) is 6.92 Å². The van der Waals surface area contributed by atoms with Crippen molar-refractivity contribution in [2.24, 2.45) is 0 Å². The van der Waals surface area contributed by atoms with Crippen molar-refractivity contribution in [1.29, 1.82) is 0 Å². The predicted molar refractivity (Wildman–Crippen MR) is 101 cm³/mol. The van der Waals surface area contributed by atoms with Crippen LogP contribution in [-0.4, -0.2) is 47.8 Å². The average molecular weight is 341 g/mol. The molecule has 1 fully saturated rings. The van der Waals surface area contributed by atoms with Gasteiger partial charge in [-0.1, -0.05) is 6.07 Å². The van der Waals surface area contributed by atoms with Gasteiger partial charge in [0.05, 0.1) is 11.2 Å². The van der Waals surface area contributed by atoms with Crippen LogP contribution in [0.25, 0.3) is 10.9 Å². The lowest BCUT2D eigenvalue weighted by Crippen LogP contribution is -2.39. The number of aryl methyl sites for hydroxylation is 1. The van der Waals surface area contributed by atoms with E-state index in [-0.39, 0.29) is 6.09 Å². The Labute approximate surface area is 149 Å². The van der Waals surface area contributed by atoms with Gasteiger partial charge in [-0.3, -0.25) is 4.98 Å². The molecule has 0 atom stereocenters. The Bertz CT molecular complexity index is 767. The lowest BCUT2D eigenvalue weighted by Gasteiger charge is -2.27. The van der Waals surface area contributed by atoms with Gasteiger partial charge in [0.1, 0.15) is 5.60 Å². The first-order valence-corrected chi connectivity index (χ1v) is 8.92. The molecule has 2 aromatic rings. The van der Waals surface area contributed by atoms with Crippen molar-refractivity contribution in [1.82, 2.24) is 9.88 Å². The maximum absolute atomic E-state index is 12.3. The molecule has 0 radical (unpaired) electrons. The van der Waals surface area contributed by atoms with Gasteiger partial charge in [0.15, 0.2) is 0 Å². The molecular formula is C20H27N3O2. The zero-order chi connectivity index (χ0) is 18.0. The first-order valence-electron chi connectivity index (χ1n) is 8.92. The third-order valence-corrected chi connectivity index (χ3v) is 4.32. The van der Waals surface area contributed by atoms with E-state index in [9.17, 15) is 4.79 Å². The molecule has 3 rings (SSSR count). The summed E-state index contributed by atoms with van der Waals surface area (Å²) in [5.41, 5.74) is 2.95. The van der Waals surface area contributed by atoms with E-state index in [0.29, 0.717) is 6.54 Å². The Balaban J connectivity index is 1.79. The number of anilines is 1. The molecule has 1 aromatic heterocycles. The Morgan fingerprint density at radius 3 is 2.72 bits per heavy atom. The van der Waals surface area contributed by atoms with Crippen LogP contribution in [-0.2, 0) is 4.74 Å². The van der Waals surface area contributed by atoms with Crippen molar-refractivity contribution in [3.8, 4) is 0 Å². The number of aromatic nitrogens is 1. The van der Waals surface area contributed by atoms with Gasteiger partial charge in [0.2, 0.25) is 0 Å². The summed E-state index contributed by atoms with van der Waals surface area (Å²) >= 11 is 0. The molecule has 1 aromatic carbocycles. The summed E-state index contributed by atoms with van der Waals surface area (Å²) in [5.74, 6) is 0. The SMILES string of the molecule is Cc1cc(N2CCCN(C(=O)OC(C)(C)C)CC2)c2ncccc2c1. The fourth-order valence-corrected chi connectivity index (χ4v) is 3.23. The van der Waals surface area contributed by atoms with Crippen LogP contribution in [0.2, 0.25) is 0 Å². The van der Waals surface area contributed by atoms with E-state index in [0.717, 1.165) is 42.6 Å². The fraction of sp³-hybridized carbons (Fsp3) is 0.500. The molecule has 0 unspecified atom stereocenters. The summed E-state index contributed by atoms with van der Waals surface area (Å²) in [6.45, 7) is 10.9. The number of carbonyl (C=O) groups excluding carboxylic acids is 1. The van der Waals surface area contributed by atoms with Gasteiger partial charge < -0.3 is 14.5 Å². The lowest BCUT2D eigenvalue weighted by atomic mass is 10.1. The number of fused-ring (bicyclic) bond motifs is 1. The molecule has 134 valence electrons. The summed E-state index contributed by atoms with van der Waals surface area (Å²) in [7, 11) is 0. The maximum Gasteiger partial charge on any atom is 0.410 e. The van der Waals surface area contributed by atoms with Crippen LogP contribution in [0.15, 0.2) is 30.5 Å². The number of hydrogen-bond donors (Lipinski definition) is 0. The lowest BCUT2D eigenvalue weighted by molar-refractivity contribution is 0.0263. The largest absolute Gasteiger partial charge is 0.444 e. The van der Waals surface area contributed by atoms with Gasteiger partial charge in [-0.25, -0.2) is 4.79 Å². The van der Waals surface area contributed by atoms with E-state index >= 15 is 0 Å². The molecule has 5 nitrogen and oxygen atoms in total. The number of nitrogens with zero attached hydrogens (tertiary/aromatic N) is 3. The van der Waals surface area contributed by atoms with Crippen LogP contribution in [0.1, 0.15) is 32.8 Å². The molecule has 0 aliphatic carbocycles. The monoisotopic (exact) mass is 341 g/mol. The highest BCUT2D eigenvalue weighted by Crippen LogP contribution is 2.28. The number of carbonyl (C=O) groups is 1. The highest BCUT2D eigenvalue weighted by Gasteiger charge is 2.25. The second kappa shape index (κ2) is 6.90. The van der Waals surface area contributed by atoms with Gasteiger partial charge in [0, 0.05) is 37.8 Å². The minimum absolute atomic E-state index is 0.221. The first-order chi connectivity index (χ1) is 11.8. The quantitative estimate of drug-likeness (QED) is 0.787. The summed E-state index contributed by atoms with van der Waals surface area (Å²) in [4.78, 5) is 21.1. The van der Waals surface area contributed by atoms with Crippen LogP contribution >= 0.6 is 0 Å². The summed E-state index contributed by atoms with van der Waals surface area (Å²) in [6.07, 6.45) is 2.54. The van der Waals surface area contributed by atoms with E-state index in [4.69, 9.17) is 4.74 Å². The van der Waals surface area contributed by atoms with Crippen LogP contribution < -0.4 is 4.90 Å².